The fraction of sp³-hybridized carbons (Fsp3) is 0.0769. The summed E-state index contributed by atoms with van der Waals surface area (Å²) in [5.74, 6) is -0.465. The van der Waals surface area contributed by atoms with Crippen molar-refractivity contribution in [3.8, 4) is 23.1 Å². The first-order valence-corrected chi connectivity index (χ1v) is 6.91. The van der Waals surface area contributed by atoms with E-state index in [0.29, 0.717) is 15.0 Å². The van der Waals surface area contributed by atoms with E-state index < -0.39 is 5.82 Å². The van der Waals surface area contributed by atoms with E-state index in [0.717, 1.165) is 6.20 Å². The number of hydrogen-bond acceptors (Lipinski definition) is 5. The van der Waals surface area contributed by atoms with Gasteiger partial charge in [-0.25, -0.2) is 18.7 Å². The SMILES string of the molecule is Cc1nc(-c2noc(-c3ccc(F)cn3)n2)cc(I)c1F. The number of pyridine rings is 2. The molecule has 0 atom stereocenters. The molecule has 0 amide bonds. The highest BCUT2D eigenvalue weighted by Crippen LogP contribution is 2.23. The second-order valence-electron chi connectivity index (χ2n) is 4.17. The second-order valence-corrected chi connectivity index (χ2v) is 5.34. The lowest BCUT2D eigenvalue weighted by Crippen LogP contribution is -1.96. The molecule has 0 N–H and O–H groups in total. The van der Waals surface area contributed by atoms with Crippen LogP contribution in [0.3, 0.4) is 0 Å². The molecule has 0 saturated carbocycles. The van der Waals surface area contributed by atoms with Gasteiger partial charge in [0.05, 0.1) is 15.5 Å². The topological polar surface area (TPSA) is 64.7 Å². The number of nitrogens with zero attached hydrogens (tertiary/aromatic N) is 4. The zero-order chi connectivity index (χ0) is 15.0. The lowest BCUT2D eigenvalue weighted by atomic mass is 10.3. The van der Waals surface area contributed by atoms with Crippen LogP contribution in [0.2, 0.25) is 0 Å². The van der Waals surface area contributed by atoms with E-state index in [-0.39, 0.29) is 23.2 Å². The lowest BCUT2D eigenvalue weighted by Gasteiger charge is -2.00. The van der Waals surface area contributed by atoms with Crippen LogP contribution in [0.4, 0.5) is 8.78 Å². The van der Waals surface area contributed by atoms with Gasteiger partial charge in [-0.1, -0.05) is 5.16 Å². The van der Waals surface area contributed by atoms with Crippen LogP contribution >= 0.6 is 22.6 Å². The summed E-state index contributed by atoms with van der Waals surface area (Å²) in [6, 6.07) is 4.20. The van der Waals surface area contributed by atoms with E-state index in [9.17, 15) is 8.78 Å². The molecule has 0 aliphatic heterocycles. The monoisotopic (exact) mass is 400 g/mol. The number of halogens is 3. The van der Waals surface area contributed by atoms with E-state index in [1.54, 1.807) is 6.92 Å². The molecule has 3 heterocycles. The third-order valence-corrected chi connectivity index (χ3v) is 3.47. The van der Waals surface area contributed by atoms with Gasteiger partial charge in [-0.05, 0) is 47.7 Å². The molecule has 106 valence electrons. The molecule has 3 aromatic rings. The van der Waals surface area contributed by atoms with Crippen LogP contribution in [0, 0.1) is 22.1 Å². The maximum Gasteiger partial charge on any atom is 0.276 e. The zero-order valence-corrected chi connectivity index (χ0v) is 12.8. The summed E-state index contributed by atoms with van der Waals surface area (Å²) < 4.78 is 31.9. The molecule has 0 spiro atoms. The summed E-state index contributed by atoms with van der Waals surface area (Å²) in [6.07, 6.45) is 1.06. The summed E-state index contributed by atoms with van der Waals surface area (Å²) in [6.45, 7) is 1.56. The third kappa shape index (κ3) is 2.75. The summed E-state index contributed by atoms with van der Waals surface area (Å²) in [5, 5.41) is 3.79. The lowest BCUT2D eigenvalue weighted by molar-refractivity contribution is 0.430. The van der Waals surface area contributed by atoms with E-state index in [2.05, 4.69) is 20.1 Å². The molecule has 8 heteroatoms. The Labute approximate surface area is 131 Å². The van der Waals surface area contributed by atoms with Gasteiger partial charge in [0.2, 0.25) is 5.82 Å². The molecule has 5 nitrogen and oxygen atoms in total. The molecule has 3 rings (SSSR count). The number of aryl methyl sites for hydroxylation is 1. The summed E-state index contributed by atoms with van der Waals surface area (Å²) in [7, 11) is 0. The molecular formula is C13H7F2IN4O. The molecule has 0 radical (unpaired) electrons. The van der Waals surface area contributed by atoms with Gasteiger partial charge in [-0.3, -0.25) is 0 Å². The average molecular weight is 400 g/mol. The molecule has 0 bridgehead atoms. The Hall–Kier alpha value is -1.97. The Balaban J connectivity index is 2.00. The van der Waals surface area contributed by atoms with Crippen LogP contribution in [0.1, 0.15) is 5.69 Å². The predicted molar refractivity (Wildman–Crippen MR) is 78.1 cm³/mol. The van der Waals surface area contributed by atoms with Crippen molar-refractivity contribution in [2.45, 2.75) is 6.92 Å². The minimum Gasteiger partial charge on any atom is -0.332 e. The quantitative estimate of drug-likeness (QED) is 0.618. The summed E-state index contributed by atoms with van der Waals surface area (Å²) >= 11 is 1.87. The highest BCUT2D eigenvalue weighted by Gasteiger charge is 2.15. The molecule has 3 aromatic heterocycles. The molecule has 0 aliphatic carbocycles. The second kappa shape index (κ2) is 5.43. The number of rotatable bonds is 2. The van der Waals surface area contributed by atoms with Crippen molar-refractivity contribution in [1.29, 1.82) is 0 Å². The Bertz CT molecular complexity index is 781. The molecule has 0 saturated heterocycles. The molecule has 0 aliphatic rings. The maximum absolute atomic E-state index is 13.6. The van der Waals surface area contributed by atoms with Crippen molar-refractivity contribution in [3.63, 3.8) is 0 Å². The van der Waals surface area contributed by atoms with Crippen LogP contribution in [-0.2, 0) is 0 Å². The minimum absolute atomic E-state index is 0.142. The summed E-state index contributed by atoms with van der Waals surface area (Å²) in [4.78, 5) is 12.1. The number of hydrogen-bond donors (Lipinski definition) is 0. The van der Waals surface area contributed by atoms with Crippen LogP contribution in [-0.4, -0.2) is 20.1 Å². The third-order valence-electron chi connectivity index (χ3n) is 2.68. The fourth-order valence-corrected chi connectivity index (χ4v) is 2.35. The normalized spacial score (nSPS) is 10.9. The highest BCUT2D eigenvalue weighted by molar-refractivity contribution is 14.1. The van der Waals surface area contributed by atoms with Gasteiger partial charge >= 0.3 is 0 Å². The van der Waals surface area contributed by atoms with Crippen LogP contribution < -0.4 is 0 Å². The van der Waals surface area contributed by atoms with Crippen molar-refractivity contribution < 1.29 is 13.3 Å². The van der Waals surface area contributed by atoms with Crippen molar-refractivity contribution in [2.24, 2.45) is 0 Å². The van der Waals surface area contributed by atoms with Gasteiger partial charge in [-0.15, -0.1) is 0 Å². The van der Waals surface area contributed by atoms with Crippen molar-refractivity contribution >= 4 is 22.6 Å². The first-order chi connectivity index (χ1) is 10.0. The molecule has 0 fully saturated rings. The van der Waals surface area contributed by atoms with Crippen molar-refractivity contribution in [3.05, 3.63) is 45.3 Å². The maximum atomic E-state index is 13.6. The molecule has 0 aromatic carbocycles. The Morgan fingerprint density at radius 3 is 2.62 bits per heavy atom. The van der Waals surface area contributed by atoms with Gasteiger partial charge in [0, 0.05) is 0 Å². The smallest absolute Gasteiger partial charge is 0.276 e. The van der Waals surface area contributed by atoms with E-state index in [4.69, 9.17) is 4.52 Å². The van der Waals surface area contributed by atoms with Crippen LogP contribution in [0.15, 0.2) is 28.9 Å². The zero-order valence-electron chi connectivity index (χ0n) is 10.6. The van der Waals surface area contributed by atoms with Crippen LogP contribution in [0.25, 0.3) is 23.1 Å². The predicted octanol–water partition coefficient (Wildman–Crippen LogP) is 3.38. The Morgan fingerprint density at radius 1 is 1.14 bits per heavy atom. The standard InChI is InChI=1S/C13H7F2IN4O/c1-6-11(15)8(16)4-10(18-6)12-19-13(21-20-12)9-3-2-7(14)5-17-9/h2-5H,1H3. The largest absolute Gasteiger partial charge is 0.332 e. The first-order valence-electron chi connectivity index (χ1n) is 5.83. The number of aromatic nitrogens is 4. The van der Waals surface area contributed by atoms with Gasteiger partial charge in [-0.2, -0.15) is 4.98 Å². The van der Waals surface area contributed by atoms with E-state index in [1.165, 1.54) is 18.2 Å². The van der Waals surface area contributed by atoms with E-state index in [1.807, 2.05) is 22.6 Å². The molecule has 0 unspecified atom stereocenters. The minimum atomic E-state index is -0.455. The first kappa shape index (κ1) is 14.0. The average Bonchev–Trinajstić information content (AvgIpc) is 2.95. The van der Waals surface area contributed by atoms with Gasteiger partial charge in [0.15, 0.2) is 5.82 Å². The van der Waals surface area contributed by atoms with Gasteiger partial charge in [0.25, 0.3) is 5.89 Å². The molecule has 21 heavy (non-hydrogen) atoms. The Morgan fingerprint density at radius 2 is 1.95 bits per heavy atom. The van der Waals surface area contributed by atoms with Gasteiger partial charge < -0.3 is 4.52 Å². The molecular weight excluding hydrogens is 393 g/mol. The van der Waals surface area contributed by atoms with E-state index >= 15 is 0 Å². The summed E-state index contributed by atoms with van der Waals surface area (Å²) in [5.41, 5.74) is 1.00. The van der Waals surface area contributed by atoms with Crippen molar-refractivity contribution in [1.82, 2.24) is 20.1 Å². The van der Waals surface area contributed by atoms with Crippen LogP contribution in [0.5, 0.6) is 0 Å². The fourth-order valence-electron chi connectivity index (χ4n) is 1.67. The van der Waals surface area contributed by atoms with Gasteiger partial charge in [0.1, 0.15) is 17.2 Å². The Kier molecular flexibility index (Phi) is 3.62. The highest BCUT2D eigenvalue weighted by atomic mass is 127. The van der Waals surface area contributed by atoms with Crippen molar-refractivity contribution in [2.75, 3.05) is 0 Å².